The first-order valence-corrected chi connectivity index (χ1v) is 9.99. The summed E-state index contributed by atoms with van der Waals surface area (Å²) in [6, 6.07) is 16.0. The van der Waals surface area contributed by atoms with Crippen LogP contribution in [0.3, 0.4) is 0 Å². The van der Waals surface area contributed by atoms with Crippen LogP contribution in [-0.2, 0) is 11.2 Å². The number of benzene rings is 2. The first-order chi connectivity index (χ1) is 13.6. The van der Waals surface area contributed by atoms with Gasteiger partial charge in [-0.1, -0.05) is 54.6 Å². The van der Waals surface area contributed by atoms with E-state index in [2.05, 4.69) is 17.0 Å². The molecule has 4 nitrogen and oxygen atoms in total. The Balaban J connectivity index is 1.60. The van der Waals surface area contributed by atoms with Crippen LogP contribution < -0.4 is 0 Å². The normalized spacial score (nSPS) is 21.1. The number of hydrogen-bond acceptors (Lipinski definition) is 3. The van der Waals surface area contributed by atoms with Gasteiger partial charge in [0.05, 0.1) is 5.92 Å². The largest absolute Gasteiger partial charge is 0.481 e. The monoisotopic (exact) mass is 375 g/mol. The van der Waals surface area contributed by atoms with Gasteiger partial charge in [0.1, 0.15) is 0 Å². The quantitative estimate of drug-likeness (QED) is 0.876. The summed E-state index contributed by atoms with van der Waals surface area (Å²) in [5.41, 5.74) is 5.10. The number of hydrogen-bond donors (Lipinski definition) is 1. The van der Waals surface area contributed by atoms with Crippen molar-refractivity contribution in [2.24, 2.45) is 5.92 Å². The molecular weight excluding hydrogens is 350 g/mol. The minimum atomic E-state index is -0.687. The van der Waals surface area contributed by atoms with Gasteiger partial charge in [-0.3, -0.25) is 9.59 Å². The second-order valence-electron chi connectivity index (χ2n) is 7.69. The molecule has 1 aliphatic heterocycles. The number of carboxylic acids is 1. The molecule has 1 heterocycles. The summed E-state index contributed by atoms with van der Waals surface area (Å²) in [6.07, 6.45) is 5.19. The van der Waals surface area contributed by atoms with E-state index in [9.17, 15) is 14.7 Å². The molecule has 1 fully saturated rings. The molecule has 28 heavy (non-hydrogen) atoms. The molecule has 144 valence electrons. The maximum absolute atomic E-state index is 12.7. The van der Waals surface area contributed by atoms with Crippen LogP contribution in [0.25, 0.3) is 5.57 Å². The lowest BCUT2D eigenvalue weighted by molar-refractivity contribution is -0.143. The van der Waals surface area contributed by atoms with E-state index in [0.29, 0.717) is 13.0 Å². The summed E-state index contributed by atoms with van der Waals surface area (Å²) in [7, 11) is 0. The van der Waals surface area contributed by atoms with E-state index < -0.39 is 5.97 Å². The van der Waals surface area contributed by atoms with Crippen LogP contribution in [0, 0.1) is 5.92 Å². The highest BCUT2D eigenvalue weighted by atomic mass is 16.4. The summed E-state index contributed by atoms with van der Waals surface area (Å²) in [6.45, 7) is 2.42. The molecule has 0 aromatic heterocycles. The third-order valence-electron chi connectivity index (χ3n) is 5.82. The second kappa shape index (κ2) is 8.11. The Morgan fingerprint density at radius 2 is 1.79 bits per heavy atom. The van der Waals surface area contributed by atoms with Crippen molar-refractivity contribution in [1.29, 1.82) is 0 Å². The summed E-state index contributed by atoms with van der Waals surface area (Å²) in [5.74, 6) is -0.779. The van der Waals surface area contributed by atoms with Gasteiger partial charge in [0.2, 0.25) is 0 Å². The molecule has 1 atom stereocenters. The van der Waals surface area contributed by atoms with Crippen molar-refractivity contribution >= 4 is 17.3 Å². The summed E-state index contributed by atoms with van der Waals surface area (Å²) < 4.78 is 0. The van der Waals surface area contributed by atoms with Gasteiger partial charge in [-0.2, -0.15) is 0 Å². The molecule has 0 spiro atoms. The lowest BCUT2D eigenvalue weighted by atomic mass is 9.93. The summed E-state index contributed by atoms with van der Waals surface area (Å²) in [5, 5.41) is 9.29. The van der Waals surface area contributed by atoms with Crippen LogP contribution in [0.4, 0.5) is 0 Å². The molecule has 1 N–H and O–H groups in total. The van der Waals surface area contributed by atoms with E-state index in [1.165, 1.54) is 0 Å². The fourth-order valence-corrected chi connectivity index (χ4v) is 4.38. The van der Waals surface area contributed by atoms with E-state index in [1.807, 2.05) is 42.5 Å². The minimum Gasteiger partial charge on any atom is -0.481 e. The van der Waals surface area contributed by atoms with Gasteiger partial charge in [0, 0.05) is 25.1 Å². The Morgan fingerprint density at radius 3 is 2.57 bits per heavy atom. The third-order valence-corrected chi connectivity index (χ3v) is 5.82. The zero-order chi connectivity index (χ0) is 19.5. The summed E-state index contributed by atoms with van der Waals surface area (Å²) >= 11 is 0. The highest BCUT2D eigenvalue weighted by molar-refractivity contribution is 6.06. The zero-order valence-electron chi connectivity index (χ0n) is 15.9. The Labute approximate surface area is 165 Å². The standard InChI is InChI=1S/C24H25NO3/c26-23-15-17-7-1-2-9-19(17)20(21-10-3-4-11-22(21)23)12-6-14-25-13-5-8-18(16-25)24(27)28/h1-4,7,9-12,18H,5-6,8,13-16H2,(H,27,28)/b20-12+. The molecular formula is C24H25NO3. The van der Waals surface area contributed by atoms with E-state index in [-0.39, 0.29) is 11.7 Å². The van der Waals surface area contributed by atoms with Gasteiger partial charge in [-0.15, -0.1) is 0 Å². The predicted octanol–water partition coefficient (Wildman–Crippen LogP) is 4.04. The van der Waals surface area contributed by atoms with Gasteiger partial charge < -0.3 is 10.0 Å². The Kier molecular flexibility index (Phi) is 5.40. The topological polar surface area (TPSA) is 57.6 Å². The van der Waals surface area contributed by atoms with Gasteiger partial charge in [-0.05, 0) is 48.1 Å². The number of carboxylic acid groups (broad SMARTS) is 1. The van der Waals surface area contributed by atoms with Crippen LogP contribution in [0.5, 0.6) is 0 Å². The van der Waals surface area contributed by atoms with E-state index in [1.54, 1.807) is 0 Å². The van der Waals surface area contributed by atoms with Crippen LogP contribution in [-0.4, -0.2) is 41.4 Å². The molecule has 4 heteroatoms. The minimum absolute atomic E-state index is 0.159. The van der Waals surface area contributed by atoms with Crippen LogP contribution in [0.15, 0.2) is 54.6 Å². The Morgan fingerprint density at radius 1 is 1.07 bits per heavy atom. The molecule has 0 bridgehead atoms. The Hall–Kier alpha value is -2.72. The number of rotatable bonds is 4. The molecule has 4 rings (SSSR count). The van der Waals surface area contributed by atoms with Gasteiger partial charge in [0.25, 0.3) is 0 Å². The average molecular weight is 375 g/mol. The first kappa shape index (κ1) is 18.6. The molecule has 0 amide bonds. The highest BCUT2D eigenvalue weighted by Gasteiger charge is 2.25. The average Bonchev–Trinajstić information content (AvgIpc) is 2.83. The number of nitrogens with zero attached hydrogens (tertiary/aromatic N) is 1. The van der Waals surface area contributed by atoms with E-state index in [0.717, 1.165) is 60.2 Å². The fraction of sp³-hybridized carbons (Fsp3) is 0.333. The van der Waals surface area contributed by atoms with Crippen LogP contribution in [0.2, 0.25) is 0 Å². The van der Waals surface area contributed by atoms with Crippen molar-refractivity contribution in [1.82, 2.24) is 4.90 Å². The van der Waals surface area contributed by atoms with Crippen LogP contribution in [0.1, 0.15) is 46.3 Å². The number of fused-ring (bicyclic) bond motifs is 2. The highest BCUT2D eigenvalue weighted by Crippen LogP contribution is 2.33. The van der Waals surface area contributed by atoms with Gasteiger partial charge in [0.15, 0.2) is 5.78 Å². The maximum atomic E-state index is 12.7. The second-order valence-corrected chi connectivity index (χ2v) is 7.69. The number of carbonyl (C=O) groups is 2. The molecule has 2 aromatic rings. The molecule has 1 unspecified atom stereocenters. The predicted molar refractivity (Wildman–Crippen MR) is 109 cm³/mol. The molecule has 2 aliphatic rings. The van der Waals surface area contributed by atoms with Gasteiger partial charge in [-0.25, -0.2) is 0 Å². The lowest BCUT2D eigenvalue weighted by Crippen LogP contribution is -2.39. The molecule has 0 radical (unpaired) electrons. The van der Waals surface area contributed by atoms with Crippen molar-refractivity contribution < 1.29 is 14.7 Å². The molecule has 1 saturated heterocycles. The zero-order valence-corrected chi connectivity index (χ0v) is 15.9. The third kappa shape index (κ3) is 3.78. The summed E-state index contributed by atoms with van der Waals surface area (Å²) in [4.78, 5) is 26.3. The molecule has 1 aliphatic carbocycles. The van der Waals surface area contributed by atoms with Crippen molar-refractivity contribution in [3.8, 4) is 0 Å². The van der Waals surface area contributed by atoms with Crippen LogP contribution >= 0.6 is 0 Å². The van der Waals surface area contributed by atoms with Crippen molar-refractivity contribution in [3.05, 3.63) is 76.9 Å². The maximum Gasteiger partial charge on any atom is 0.307 e. The Bertz CT molecular complexity index is 931. The molecule has 0 saturated carbocycles. The lowest BCUT2D eigenvalue weighted by Gasteiger charge is -2.30. The van der Waals surface area contributed by atoms with E-state index >= 15 is 0 Å². The number of likely N-dealkylation sites (tertiary alicyclic amines) is 1. The first-order valence-electron chi connectivity index (χ1n) is 9.99. The SMILES string of the molecule is O=C1Cc2ccccc2/C(=C\CCN2CCCC(C(=O)O)C2)c2ccccc21. The van der Waals surface area contributed by atoms with Crippen molar-refractivity contribution in [3.63, 3.8) is 0 Å². The van der Waals surface area contributed by atoms with E-state index in [4.69, 9.17) is 0 Å². The van der Waals surface area contributed by atoms with Crippen molar-refractivity contribution in [2.75, 3.05) is 19.6 Å². The van der Waals surface area contributed by atoms with Crippen molar-refractivity contribution in [2.45, 2.75) is 25.7 Å². The number of piperidine rings is 1. The number of ketones is 1. The number of carbonyl (C=O) groups excluding carboxylic acids is 1. The van der Waals surface area contributed by atoms with Gasteiger partial charge >= 0.3 is 5.97 Å². The molecule has 2 aromatic carbocycles. The number of Topliss-reactive ketones (excluding diaryl/α,β-unsaturated/α-hetero) is 1. The number of aliphatic carboxylic acids is 1. The smallest absolute Gasteiger partial charge is 0.307 e. The fourth-order valence-electron chi connectivity index (χ4n) is 4.38.